The van der Waals surface area contributed by atoms with Crippen molar-refractivity contribution in [3.8, 4) is 0 Å². The molecule has 0 aliphatic carbocycles. The largest absolute Gasteiger partial charge is 0.449 e. The van der Waals surface area contributed by atoms with Crippen molar-refractivity contribution in [2.45, 2.75) is 33.3 Å². The lowest BCUT2D eigenvalue weighted by molar-refractivity contribution is -0.123. The summed E-state index contributed by atoms with van der Waals surface area (Å²) in [5.41, 5.74) is 3.28. The van der Waals surface area contributed by atoms with Crippen molar-refractivity contribution < 1.29 is 14.3 Å². The van der Waals surface area contributed by atoms with E-state index in [9.17, 15) is 9.59 Å². The predicted octanol–water partition coefficient (Wildman–Crippen LogP) is 4.89. The van der Waals surface area contributed by atoms with Crippen LogP contribution >= 0.6 is 0 Å². The van der Waals surface area contributed by atoms with Crippen LogP contribution in [0, 0.1) is 6.92 Å². The second-order valence-corrected chi connectivity index (χ2v) is 6.53. The molecule has 1 amide bonds. The van der Waals surface area contributed by atoms with Crippen LogP contribution in [-0.4, -0.2) is 18.0 Å². The zero-order valence-electron chi connectivity index (χ0n) is 15.8. The van der Waals surface area contributed by atoms with Gasteiger partial charge in [-0.3, -0.25) is 4.79 Å². The van der Waals surface area contributed by atoms with Gasteiger partial charge in [0.1, 0.15) is 0 Å². The third-order valence-electron chi connectivity index (χ3n) is 4.65. The van der Waals surface area contributed by atoms with Crippen LogP contribution in [0.25, 0.3) is 10.8 Å². The highest BCUT2D eigenvalue weighted by molar-refractivity contribution is 6.05. The van der Waals surface area contributed by atoms with Gasteiger partial charge in [-0.05, 0) is 48.2 Å². The molecule has 3 aromatic rings. The van der Waals surface area contributed by atoms with Gasteiger partial charge >= 0.3 is 5.97 Å². The minimum Gasteiger partial charge on any atom is -0.449 e. The molecule has 0 saturated heterocycles. The summed E-state index contributed by atoms with van der Waals surface area (Å²) >= 11 is 0. The maximum absolute atomic E-state index is 12.6. The first-order valence-electron chi connectivity index (χ1n) is 9.09. The number of para-hydroxylation sites is 1. The maximum atomic E-state index is 12.6. The van der Waals surface area contributed by atoms with Gasteiger partial charge in [0.2, 0.25) is 0 Å². The standard InChI is InChI=1S/C23H23NO3/c1-4-17-11-7-9-15(2)21(17)24-22(25)16(3)27-23(26)20-14-8-12-18-10-5-6-13-19(18)20/h5-14,16H,4H2,1-3H3,(H,24,25)/t16-/m0/s1. The van der Waals surface area contributed by atoms with E-state index >= 15 is 0 Å². The Bertz CT molecular complexity index is 989. The van der Waals surface area contributed by atoms with Crippen molar-refractivity contribution in [2.75, 3.05) is 5.32 Å². The van der Waals surface area contributed by atoms with E-state index in [4.69, 9.17) is 4.74 Å². The maximum Gasteiger partial charge on any atom is 0.339 e. The number of amides is 1. The number of hydrogen-bond acceptors (Lipinski definition) is 3. The molecular weight excluding hydrogens is 338 g/mol. The molecular formula is C23H23NO3. The average Bonchev–Trinajstić information content (AvgIpc) is 2.68. The number of esters is 1. The van der Waals surface area contributed by atoms with Crippen LogP contribution in [0.3, 0.4) is 0 Å². The van der Waals surface area contributed by atoms with E-state index in [-0.39, 0.29) is 5.91 Å². The van der Waals surface area contributed by atoms with Crippen molar-refractivity contribution in [3.05, 3.63) is 77.4 Å². The summed E-state index contributed by atoms with van der Waals surface area (Å²) in [7, 11) is 0. The van der Waals surface area contributed by atoms with Crippen LogP contribution in [0.2, 0.25) is 0 Å². The Kier molecular flexibility index (Phi) is 5.55. The molecule has 0 heterocycles. The van der Waals surface area contributed by atoms with Gasteiger partial charge in [0.15, 0.2) is 6.10 Å². The normalized spacial score (nSPS) is 11.8. The molecule has 1 N–H and O–H groups in total. The first kappa shape index (κ1) is 18.6. The molecule has 0 bridgehead atoms. The zero-order chi connectivity index (χ0) is 19.4. The van der Waals surface area contributed by atoms with Gasteiger partial charge in [-0.25, -0.2) is 4.79 Å². The molecule has 4 nitrogen and oxygen atoms in total. The number of aryl methyl sites for hydroxylation is 2. The molecule has 0 aliphatic heterocycles. The topological polar surface area (TPSA) is 55.4 Å². The van der Waals surface area contributed by atoms with Gasteiger partial charge in [0, 0.05) is 5.69 Å². The summed E-state index contributed by atoms with van der Waals surface area (Å²) in [4.78, 5) is 25.2. The molecule has 0 saturated carbocycles. The molecule has 0 unspecified atom stereocenters. The highest BCUT2D eigenvalue weighted by atomic mass is 16.5. The Morgan fingerprint density at radius 2 is 1.70 bits per heavy atom. The Balaban J connectivity index is 1.76. The number of hydrogen-bond donors (Lipinski definition) is 1. The predicted molar refractivity (Wildman–Crippen MR) is 108 cm³/mol. The van der Waals surface area contributed by atoms with Crippen LogP contribution in [0.1, 0.15) is 35.3 Å². The average molecular weight is 361 g/mol. The third-order valence-corrected chi connectivity index (χ3v) is 4.65. The highest BCUT2D eigenvalue weighted by Crippen LogP contribution is 2.22. The minimum atomic E-state index is -0.902. The SMILES string of the molecule is CCc1cccc(C)c1NC(=O)[C@H](C)OC(=O)c1cccc2ccccc12. The molecule has 138 valence electrons. The summed E-state index contributed by atoms with van der Waals surface area (Å²) in [5, 5.41) is 4.67. The number of fused-ring (bicyclic) bond motifs is 1. The van der Waals surface area contributed by atoms with Crippen LogP contribution in [0.4, 0.5) is 5.69 Å². The molecule has 0 spiro atoms. The third kappa shape index (κ3) is 4.00. The molecule has 4 heteroatoms. The lowest BCUT2D eigenvalue weighted by atomic mass is 10.0. The first-order chi connectivity index (χ1) is 13.0. The summed E-state index contributed by atoms with van der Waals surface area (Å²) in [6.07, 6.45) is -0.0950. The monoisotopic (exact) mass is 361 g/mol. The number of carbonyl (C=O) groups excluding carboxylic acids is 2. The lowest BCUT2D eigenvalue weighted by Gasteiger charge is -2.17. The smallest absolute Gasteiger partial charge is 0.339 e. The quantitative estimate of drug-likeness (QED) is 0.658. The zero-order valence-corrected chi connectivity index (χ0v) is 15.8. The molecule has 0 aromatic heterocycles. The molecule has 3 aromatic carbocycles. The van der Waals surface area contributed by atoms with Crippen molar-refractivity contribution in [1.82, 2.24) is 0 Å². The fourth-order valence-electron chi connectivity index (χ4n) is 3.11. The second-order valence-electron chi connectivity index (χ2n) is 6.53. The number of anilines is 1. The van der Waals surface area contributed by atoms with Gasteiger partial charge in [-0.2, -0.15) is 0 Å². The van der Waals surface area contributed by atoms with Crippen molar-refractivity contribution in [2.24, 2.45) is 0 Å². The summed E-state index contributed by atoms with van der Waals surface area (Å²) in [6.45, 7) is 5.57. The number of rotatable bonds is 5. The Morgan fingerprint density at radius 3 is 2.48 bits per heavy atom. The molecule has 0 aliphatic rings. The van der Waals surface area contributed by atoms with Crippen molar-refractivity contribution >= 4 is 28.3 Å². The van der Waals surface area contributed by atoms with E-state index in [1.807, 2.05) is 68.4 Å². The summed E-state index contributed by atoms with van der Waals surface area (Å²) in [6, 6.07) is 19.0. The Labute approximate surface area is 159 Å². The molecule has 27 heavy (non-hydrogen) atoms. The number of carbonyl (C=O) groups is 2. The number of benzene rings is 3. The molecule has 0 fully saturated rings. The van der Waals surface area contributed by atoms with E-state index in [1.54, 1.807) is 13.0 Å². The Hall–Kier alpha value is -3.14. The van der Waals surface area contributed by atoms with Gasteiger partial charge in [-0.1, -0.05) is 61.5 Å². The lowest BCUT2D eigenvalue weighted by Crippen LogP contribution is -2.30. The highest BCUT2D eigenvalue weighted by Gasteiger charge is 2.21. The fraction of sp³-hybridized carbons (Fsp3) is 0.217. The minimum absolute atomic E-state index is 0.340. The summed E-state index contributed by atoms with van der Waals surface area (Å²) < 4.78 is 5.44. The van der Waals surface area contributed by atoms with E-state index in [0.29, 0.717) is 5.56 Å². The van der Waals surface area contributed by atoms with Crippen molar-refractivity contribution in [3.63, 3.8) is 0 Å². The fourth-order valence-corrected chi connectivity index (χ4v) is 3.11. The molecule has 3 rings (SSSR count). The van der Waals surface area contributed by atoms with Gasteiger partial charge < -0.3 is 10.1 Å². The van der Waals surface area contributed by atoms with Gasteiger partial charge in [0.25, 0.3) is 5.91 Å². The van der Waals surface area contributed by atoms with Gasteiger partial charge in [-0.15, -0.1) is 0 Å². The van der Waals surface area contributed by atoms with E-state index in [0.717, 1.165) is 34.0 Å². The van der Waals surface area contributed by atoms with Crippen molar-refractivity contribution in [1.29, 1.82) is 0 Å². The van der Waals surface area contributed by atoms with Crippen LogP contribution in [-0.2, 0) is 16.0 Å². The molecule has 1 atom stereocenters. The van der Waals surface area contributed by atoms with E-state index < -0.39 is 12.1 Å². The molecule has 0 radical (unpaired) electrons. The Morgan fingerprint density at radius 1 is 1.00 bits per heavy atom. The van der Waals surface area contributed by atoms with Gasteiger partial charge in [0.05, 0.1) is 5.56 Å². The van der Waals surface area contributed by atoms with E-state index in [2.05, 4.69) is 5.32 Å². The van der Waals surface area contributed by atoms with E-state index in [1.165, 1.54) is 0 Å². The van der Waals surface area contributed by atoms with Crippen LogP contribution in [0.15, 0.2) is 60.7 Å². The number of nitrogens with one attached hydrogen (secondary N) is 1. The first-order valence-corrected chi connectivity index (χ1v) is 9.09. The second kappa shape index (κ2) is 8.04. The van der Waals surface area contributed by atoms with Crippen LogP contribution < -0.4 is 5.32 Å². The van der Waals surface area contributed by atoms with Crippen LogP contribution in [0.5, 0.6) is 0 Å². The number of ether oxygens (including phenoxy) is 1. The summed E-state index contributed by atoms with van der Waals surface area (Å²) in [5.74, 6) is -0.845.